The molecule has 4 nitrogen and oxygen atoms in total. The summed E-state index contributed by atoms with van der Waals surface area (Å²) in [6.07, 6.45) is 1.67. The van der Waals surface area contributed by atoms with Gasteiger partial charge in [-0.3, -0.25) is 4.68 Å². The highest BCUT2D eigenvalue weighted by Gasteiger charge is 2.15. The van der Waals surface area contributed by atoms with Crippen LogP contribution in [0.2, 0.25) is 5.02 Å². The number of para-hydroxylation sites is 1. The second-order valence-electron chi connectivity index (χ2n) is 5.02. The number of nitrogens with one attached hydrogen (secondary N) is 1. The van der Waals surface area contributed by atoms with Crippen molar-refractivity contribution < 1.29 is 4.42 Å². The highest BCUT2D eigenvalue weighted by molar-refractivity contribution is 6.31. The van der Waals surface area contributed by atoms with Crippen molar-refractivity contribution in [3.05, 3.63) is 52.5 Å². The number of hydrogen-bond acceptors (Lipinski definition) is 3. The molecule has 0 aliphatic heterocycles. The Balaban J connectivity index is 2.02. The minimum absolute atomic E-state index is 0.591. The van der Waals surface area contributed by atoms with E-state index in [1.165, 1.54) is 5.56 Å². The van der Waals surface area contributed by atoms with Gasteiger partial charge in [0.2, 0.25) is 0 Å². The first-order valence-corrected chi connectivity index (χ1v) is 7.46. The molecule has 3 aromatic rings. The van der Waals surface area contributed by atoms with Crippen LogP contribution < -0.4 is 5.32 Å². The van der Waals surface area contributed by atoms with Crippen molar-refractivity contribution in [2.75, 3.05) is 6.54 Å². The van der Waals surface area contributed by atoms with Gasteiger partial charge in [0.25, 0.3) is 0 Å². The third-order valence-corrected chi connectivity index (χ3v) is 4.04. The monoisotopic (exact) mass is 303 g/mol. The van der Waals surface area contributed by atoms with Crippen molar-refractivity contribution in [1.82, 2.24) is 15.1 Å². The number of hydrogen-bond donors (Lipinski definition) is 1. The summed E-state index contributed by atoms with van der Waals surface area (Å²) < 4.78 is 7.89. The number of aromatic nitrogens is 2. The Morgan fingerprint density at radius 1 is 1.33 bits per heavy atom. The van der Waals surface area contributed by atoms with Crippen LogP contribution in [0.25, 0.3) is 11.0 Å². The molecule has 110 valence electrons. The predicted molar refractivity (Wildman–Crippen MR) is 84.7 cm³/mol. The molecule has 1 N–H and O–H groups in total. The maximum absolute atomic E-state index is 6.07. The van der Waals surface area contributed by atoms with E-state index in [-0.39, 0.29) is 0 Å². The Labute approximate surface area is 128 Å². The van der Waals surface area contributed by atoms with Gasteiger partial charge in [-0.1, -0.05) is 36.7 Å². The quantitative estimate of drug-likeness (QED) is 0.780. The SMILES string of the molecule is CCNCc1c(Cn2ncc(Cl)c2C)oc2ccccc12. The molecule has 0 aliphatic carbocycles. The summed E-state index contributed by atoms with van der Waals surface area (Å²) in [6.45, 7) is 6.36. The van der Waals surface area contributed by atoms with Gasteiger partial charge in [0.05, 0.1) is 23.5 Å². The van der Waals surface area contributed by atoms with E-state index in [4.69, 9.17) is 16.0 Å². The third-order valence-electron chi connectivity index (χ3n) is 3.67. The highest BCUT2D eigenvalue weighted by atomic mass is 35.5. The van der Waals surface area contributed by atoms with Gasteiger partial charge in [0.15, 0.2) is 0 Å². The fourth-order valence-electron chi connectivity index (χ4n) is 2.44. The predicted octanol–water partition coefficient (Wildman–Crippen LogP) is 3.75. The van der Waals surface area contributed by atoms with E-state index in [9.17, 15) is 0 Å². The molecule has 0 atom stereocenters. The normalized spacial score (nSPS) is 11.4. The number of halogens is 1. The maximum atomic E-state index is 6.07. The molecular weight excluding hydrogens is 286 g/mol. The molecule has 0 radical (unpaired) electrons. The second-order valence-corrected chi connectivity index (χ2v) is 5.42. The Morgan fingerprint density at radius 2 is 2.14 bits per heavy atom. The average Bonchev–Trinajstić information content (AvgIpc) is 3.00. The van der Waals surface area contributed by atoms with Crippen LogP contribution >= 0.6 is 11.6 Å². The Morgan fingerprint density at radius 3 is 2.86 bits per heavy atom. The van der Waals surface area contributed by atoms with Crippen LogP contribution in [0.3, 0.4) is 0 Å². The summed E-state index contributed by atoms with van der Waals surface area (Å²) in [6, 6.07) is 8.12. The van der Waals surface area contributed by atoms with Gasteiger partial charge in [-0.2, -0.15) is 5.10 Å². The van der Waals surface area contributed by atoms with E-state index in [2.05, 4.69) is 23.4 Å². The van der Waals surface area contributed by atoms with Gasteiger partial charge in [-0.15, -0.1) is 0 Å². The second kappa shape index (κ2) is 5.92. The van der Waals surface area contributed by atoms with Gasteiger partial charge >= 0.3 is 0 Å². The van der Waals surface area contributed by atoms with Crippen molar-refractivity contribution in [2.45, 2.75) is 26.9 Å². The van der Waals surface area contributed by atoms with Crippen LogP contribution in [0.5, 0.6) is 0 Å². The molecule has 1 aromatic carbocycles. The minimum atomic E-state index is 0.591. The molecule has 0 bridgehead atoms. The summed E-state index contributed by atoms with van der Waals surface area (Å²) in [5.41, 5.74) is 3.06. The van der Waals surface area contributed by atoms with E-state index in [1.807, 2.05) is 29.8 Å². The summed E-state index contributed by atoms with van der Waals surface area (Å²) in [7, 11) is 0. The Hall–Kier alpha value is -1.78. The highest BCUT2D eigenvalue weighted by Crippen LogP contribution is 2.27. The van der Waals surface area contributed by atoms with Gasteiger partial charge in [0.1, 0.15) is 11.3 Å². The van der Waals surface area contributed by atoms with Gasteiger partial charge in [-0.25, -0.2) is 0 Å². The summed E-state index contributed by atoms with van der Waals surface area (Å²) in [5, 5.41) is 9.52. The van der Waals surface area contributed by atoms with Crippen LogP contribution in [0.1, 0.15) is 23.9 Å². The first kappa shape index (κ1) is 14.2. The lowest BCUT2D eigenvalue weighted by atomic mass is 10.1. The first-order valence-electron chi connectivity index (χ1n) is 7.08. The zero-order chi connectivity index (χ0) is 14.8. The number of fused-ring (bicyclic) bond motifs is 1. The molecule has 2 aromatic heterocycles. The summed E-state index contributed by atoms with van der Waals surface area (Å²) >= 11 is 6.07. The van der Waals surface area contributed by atoms with E-state index >= 15 is 0 Å². The van der Waals surface area contributed by atoms with E-state index in [1.54, 1.807) is 6.20 Å². The lowest BCUT2D eigenvalue weighted by molar-refractivity contribution is 0.496. The van der Waals surface area contributed by atoms with E-state index < -0.39 is 0 Å². The summed E-state index contributed by atoms with van der Waals surface area (Å²) in [4.78, 5) is 0. The molecule has 0 fully saturated rings. The fourth-order valence-corrected chi connectivity index (χ4v) is 2.58. The van der Waals surface area contributed by atoms with Gasteiger partial charge in [-0.05, 0) is 19.5 Å². The molecule has 0 saturated heterocycles. The molecule has 5 heteroatoms. The van der Waals surface area contributed by atoms with Crippen LogP contribution in [0.4, 0.5) is 0 Å². The zero-order valence-corrected chi connectivity index (χ0v) is 12.9. The number of furan rings is 1. The lowest BCUT2D eigenvalue weighted by Crippen LogP contribution is -2.14. The summed E-state index contributed by atoms with van der Waals surface area (Å²) in [5.74, 6) is 0.931. The Kier molecular flexibility index (Phi) is 3.99. The largest absolute Gasteiger partial charge is 0.459 e. The van der Waals surface area contributed by atoms with Gasteiger partial charge in [0, 0.05) is 17.5 Å². The molecule has 0 saturated carbocycles. The van der Waals surface area contributed by atoms with Crippen LogP contribution in [-0.4, -0.2) is 16.3 Å². The lowest BCUT2D eigenvalue weighted by Gasteiger charge is -2.06. The average molecular weight is 304 g/mol. The van der Waals surface area contributed by atoms with Gasteiger partial charge < -0.3 is 9.73 Å². The zero-order valence-electron chi connectivity index (χ0n) is 12.2. The fraction of sp³-hybridized carbons (Fsp3) is 0.312. The smallest absolute Gasteiger partial charge is 0.134 e. The van der Waals surface area contributed by atoms with Crippen LogP contribution in [0, 0.1) is 6.92 Å². The molecule has 2 heterocycles. The molecular formula is C16H18ClN3O. The number of rotatable bonds is 5. The first-order chi connectivity index (χ1) is 10.2. The number of nitrogens with zero attached hydrogens (tertiary/aromatic N) is 2. The molecule has 3 rings (SSSR count). The van der Waals surface area contributed by atoms with Crippen LogP contribution in [-0.2, 0) is 13.1 Å². The number of benzene rings is 1. The van der Waals surface area contributed by atoms with Crippen molar-refractivity contribution in [3.63, 3.8) is 0 Å². The molecule has 0 aliphatic rings. The molecule has 21 heavy (non-hydrogen) atoms. The third kappa shape index (κ3) is 2.69. The molecule has 0 spiro atoms. The Bertz CT molecular complexity index is 760. The van der Waals surface area contributed by atoms with Crippen LogP contribution in [0.15, 0.2) is 34.9 Å². The maximum Gasteiger partial charge on any atom is 0.134 e. The molecule has 0 amide bonds. The van der Waals surface area contributed by atoms with E-state index in [0.717, 1.165) is 35.5 Å². The van der Waals surface area contributed by atoms with Crippen molar-refractivity contribution in [3.8, 4) is 0 Å². The minimum Gasteiger partial charge on any atom is -0.459 e. The topological polar surface area (TPSA) is 43.0 Å². The van der Waals surface area contributed by atoms with Crippen molar-refractivity contribution in [1.29, 1.82) is 0 Å². The van der Waals surface area contributed by atoms with Crippen molar-refractivity contribution >= 4 is 22.6 Å². The van der Waals surface area contributed by atoms with E-state index in [0.29, 0.717) is 11.6 Å². The van der Waals surface area contributed by atoms with Crippen molar-refractivity contribution in [2.24, 2.45) is 0 Å². The molecule has 0 unspecified atom stereocenters. The standard InChI is InChI=1S/C16H18ClN3O/c1-3-18-8-13-12-6-4-5-7-15(12)21-16(13)10-20-11(2)14(17)9-19-20/h4-7,9,18H,3,8,10H2,1-2H3.